The zero-order valence-electron chi connectivity index (χ0n) is 13.9. The number of aromatic amines is 1. The van der Waals surface area contributed by atoms with Crippen LogP contribution in [-0.4, -0.2) is 44.5 Å². The Morgan fingerprint density at radius 2 is 2.12 bits per heavy atom. The summed E-state index contributed by atoms with van der Waals surface area (Å²) in [4.78, 5) is 42.2. The maximum atomic E-state index is 12.0. The van der Waals surface area contributed by atoms with Gasteiger partial charge in [-0.1, -0.05) is 19.1 Å². The first-order valence-electron chi connectivity index (χ1n) is 8.09. The lowest BCUT2D eigenvalue weighted by Crippen LogP contribution is -2.41. The molecule has 0 aliphatic rings. The van der Waals surface area contributed by atoms with E-state index in [1.54, 1.807) is 30.0 Å². The molecule has 7 nitrogen and oxygen atoms in total. The number of rotatable bonds is 9. The van der Waals surface area contributed by atoms with Crippen molar-refractivity contribution in [2.45, 2.75) is 32.2 Å². The predicted molar refractivity (Wildman–Crippen MR) is 97.9 cm³/mol. The summed E-state index contributed by atoms with van der Waals surface area (Å²) in [5, 5.41) is 11.7. The number of nitrogens with zero attached hydrogens (tertiary/aromatic N) is 1. The van der Waals surface area contributed by atoms with Crippen LogP contribution in [0.1, 0.15) is 25.5 Å². The van der Waals surface area contributed by atoms with Gasteiger partial charge in [-0.2, -0.15) is 11.8 Å². The molecule has 1 aromatic heterocycles. The van der Waals surface area contributed by atoms with Gasteiger partial charge >= 0.3 is 5.97 Å². The SMILES string of the molecule is CCSCCC(NC(=O)CCc1nc2ccccc2[nH]c1=O)C(=O)O. The number of aromatic nitrogens is 2. The number of carboxylic acids is 1. The molecule has 0 fully saturated rings. The number of fused-ring (bicyclic) bond motifs is 1. The fourth-order valence-electron chi connectivity index (χ4n) is 2.34. The minimum atomic E-state index is -1.05. The van der Waals surface area contributed by atoms with Crippen LogP contribution < -0.4 is 10.9 Å². The number of thioether (sulfide) groups is 1. The molecule has 0 radical (unpaired) electrons. The lowest BCUT2D eigenvalue weighted by Gasteiger charge is -2.14. The van der Waals surface area contributed by atoms with Gasteiger partial charge in [0.1, 0.15) is 11.7 Å². The first-order valence-corrected chi connectivity index (χ1v) is 9.24. The summed E-state index contributed by atoms with van der Waals surface area (Å²) >= 11 is 1.62. The summed E-state index contributed by atoms with van der Waals surface area (Å²) in [5.74, 6) is 0.117. The zero-order chi connectivity index (χ0) is 18.2. The summed E-state index contributed by atoms with van der Waals surface area (Å²) in [6.07, 6.45) is 0.537. The van der Waals surface area contributed by atoms with Crippen molar-refractivity contribution < 1.29 is 14.7 Å². The number of hydrogen-bond acceptors (Lipinski definition) is 5. The maximum Gasteiger partial charge on any atom is 0.326 e. The molecule has 8 heteroatoms. The molecular weight excluding hydrogens is 342 g/mol. The first-order chi connectivity index (χ1) is 12.0. The number of aryl methyl sites for hydroxylation is 1. The second kappa shape index (κ2) is 9.22. The van der Waals surface area contributed by atoms with Gasteiger partial charge in [-0.15, -0.1) is 0 Å². The maximum absolute atomic E-state index is 12.0. The van der Waals surface area contributed by atoms with Crippen LogP contribution in [0.25, 0.3) is 11.0 Å². The number of carbonyl (C=O) groups is 2. The van der Waals surface area contributed by atoms with E-state index >= 15 is 0 Å². The fourth-order valence-corrected chi connectivity index (χ4v) is 3.03. The monoisotopic (exact) mass is 363 g/mol. The number of benzene rings is 1. The molecule has 3 N–H and O–H groups in total. The number of aliphatic carboxylic acids is 1. The van der Waals surface area contributed by atoms with Gasteiger partial charge in [0.25, 0.3) is 5.56 Å². The minimum Gasteiger partial charge on any atom is -0.480 e. The third-order valence-electron chi connectivity index (χ3n) is 3.65. The Morgan fingerprint density at radius 1 is 1.36 bits per heavy atom. The number of H-pyrrole nitrogens is 1. The van der Waals surface area contributed by atoms with Crippen molar-refractivity contribution in [2.75, 3.05) is 11.5 Å². The van der Waals surface area contributed by atoms with Crippen LogP contribution in [-0.2, 0) is 16.0 Å². The van der Waals surface area contributed by atoms with Gasteiger partial charge in [-0.25, -0.2) is 9.78 Å². The van der Waals surface area contributed by atoms with Crippen LogP contribution >= 0.6 is 11.8 Å². The van der Waals surface area contributed by atoms with Gasteiger partial charge in [0.2, 0.25) is 5.91 Å². The molecule has 1 aromatic carbocycles. The van der Waals surface area contributed by atoms with Gasteiger partial charge in [0.05, 0.1) is 11.0 Å². The van der Waals surface area contributed by atoms with Gasteiger partial charge in [0, 0.05) is 12.8 Å². The van der Waals surface area contributed by atoms with E-state index in [1.165, 1.54) is 0 Å². The second-order valence-corrected chi connectivity index (χ2v) is 6.87. The van der Waals surface area contributed by atoms with E-state index in [9.17, 15) is 19.5 Å². The van der Waals surface area contributed by atoms with Crippen LogP contribution in [0.5, 0.6) is 0 Å². The Balaban J connectivity index is 1.95. The number of para-hydroxylation sites is 2. The van der Waals surface area contributed by atoms with E-state index in [2.05, 4.69) is 15.3 Å². The Bertz CT molecular complexity index is 806. The molecule has 1 heterocycles. The third-order valence-corrected chi connectivity index (χ3v) is 4.58. The molecule has 0 aliphatic heterocycles. The van der Waals surface area contributed by atoms with Crippen molar-refractivity contribution in [3.05, 3.63) is 40.3 Å². The quantitative estimate of drug-likeness (QED) is 0.583. The summed E-state index contributed by atoms with van der Waals surface area (Å²) in [7, 11) is 0. The fraction of sp³-hybridized carbons (Fsp3) is 0.412. The van der Waals surface area contributed by atoms with Crippen molar-refractivity contribution in [1.29, 1.82) is 0 Å². The first kappa shape index (κ1) is 19.0. The number of carbonyl (C=O) groups excluding carboxylic acids is 1. The highest BCUT2D eigenvalue weighted by Gasteiger charge is 2.19. The van der Waals surface area contributed by atoms with Gasteiger partial charge < -0.3 is 15.4 Å². The van der Waals surface area contributed by atoms with Crippen LogP contribution in [0.2, 0.25) is 0 Å². The molecule has 0 bridgehead atoms. The van der Waals surface area contributed by atoms with Crippen LogP contribution in [0.4, 0.5) is 0 Å². The van der Waals surface area contributed by atoms with Crippen LogP contribution in [0.15, 0.2) is 29.1 Å². The topological polar surface area (TPSA) is 112 Å². The molecule has 25 heavy (non-hydrogen) atoms. The molecule has 1 amide bonds. The van der Waals surface area contributed by atoms with E-state index in [4.69, 9.17) is 0 Å². The highest BCUT2D eigenvalue weighted by molar-refractivity contribution is 7.99. The summed E-state index contributed by atoms with van der Waals surface area (Å²) in [6.45, 7) is 1.99. The van der Waals surface area contributed by atoms with Crippen molar-refractivity contribution in [1.82, 2.24) is 15.3 Å². The molecule has 134 valence electrons. The van der Waals surface area contributed by atoms with E-state index in [0.29, 0.717) is 23.2 Å². The number of carboxylic acid groups (broad SMARTS) is 1. The Labute approximate surface area is 149 Å². The zero-order valence-corrected chi connectivity index (χ0v) is 14.8. The molecule has 0 aliphatic carbocycles. The molecule has 2 rings (SSSR count). The van der Waals surface area contributed by atoms with E-state index < -0.39 is 17.9 Å². The van der Waals surface area contributed by atoms with E-state index in [-0.39, 0.29) is 24.1 Å². The van der Waals surface area contributed by atoms with Crippen LogP contribution in [0, 0.1) is 0 Å². The molecule has 1 atom stereocenters. The lowest BCUT2D eigenvalue weighted by atomic mass is 10.2. The van der Waals surface area contributed by atoms with Gasteiger partial charge in [0.15, 0.2) is 0 Å². The van der Waals surface area contributed by atoms with Gasteiger partial charge in [-0.3, -0.25) is 9.59 Å². The third kappa shape index (κ3) is 5.60. The summed E-state index contributed by atoms with van der Waals surface area (Å²) < 4.78 is 0. The standard InChI is InChI=1S/C17H21N3O4S/c1-2-25-10-9-14(17(23)24)19-15(21)8-7-13-16(22)20-12-6-4-3-5-11(12)18-13/h3-6,14H,2,7-10H2,1H3,(H,19,21)(H,20,22)(H,23,24). The van der Waals surface area contributed by atoms with E-state index in [0.717, 1.165) is 5.75 Å². The molecule has 0 saturated heterocycles. The molecule has 0 spiro atoms. The van der Waals surface area contributed by atoms with Crippen molar-refractivity contribution >= 4 is 34.7 Å². The summed E-state index contributed by atoms with van der Waals surface area (Å²) in [6, 6.07) is 6.24. The number of hydrogen-bond donors (Lipinski definition) is 3. The number of amides is 1. The minimum absolute atomic E-state index is 0.0130. The second-order valence-electron chi connectivity index (χ2n) is 5.47. The molecule has 1 unspecified atom stereocenters. The largest absolute Gasteiger partial charge is 0.480 e. The van der Waals surface area contributed by atoms with Crippen molar-refractivity contribution in [3.8, 4) is 0 Å². The molecule has 2 aromatic rings. The van der Waals surface area contributed by atoms with Crippen LogP contribution in [0.3, 0.4) is 0 Å². The Kier molecular flexibility index (Phi) is 7.00. The lowest BCUT2D eigenvalue weighted by molar-refractivity contribution is -0.141. The average Bonchev–Trinajstić information content (AvgIpc) is 2.59. The Hall–Kier alpha value is -2.35. The average molecular weight is 363 g/mol. The van der Waals surface area contributed by atoms with Crippen molar-refractivity contribution in [3.63, 3.8) is 0 Å². The van der Waals surface area contributed by atoms with Gasteiger partial charge in [-0.05, 0) is 30.1 Å². The predicted octanol–water partition coefficient (Wildman–Crippen LogP) is 1.57. The molecular formula is C17H21N3O4S. The summed E-state index contributed by atoms with van der Waals surface area (Å²) in [5.41, 5.74) is 1.22. The number of nitrogens with one attached hydrogen (secondary N) is 2. The van der Waals surface area contributed by atoms with E-state index in [1.807, 2.05) is 13.0 Å². The molecule has 0 saturated carbocycles. The highest BCUT2D eigenvalue weighted by atomic mass is 32.2. The normalized spacial score (nSPS) is 12.0. The Morgan fingerprint density at radius 3 is 2.84 bits per heavy atom. The smallest absolute Gasteiger partial charge is 0.326 e. The highest BCUT2D eigenvalue weighted by Crippen LogP contribution is 2.08. The van der Waals surface area contributed by atoms with Crippen molar-refractivity contribution in [2.24, 2.45) is 0 Å².